The highest BCUT2D eigenvalue weighted by molar-refractivity contribution is 6.21. The van der Waals surface area contributed by atoms with E-state index in [1.807, 2.05) is 0 Å². The van der Waals surface area contributed by atoms with Gasteiger partial charge in [0.25, 0.3) is 0 Å². The Balaban J connectivity index is 2.22. The average Bonchev–Trinajstić information content (AvgIpc) is 2.32. The van der Waals surface area contributed by atoms with E-state index in [2.05, 4.69) is 0 Å². The van der Waals surface area contributed by atoms with E-state index in [1.165, 1.54) is 18.2 Å². The quantitative estimate of drug-likeness (QED) is 0.701. The highest BCUT2D eigenvalue weighted by atomic mass is 35.5. The zero-order chi connectivity index (χ0) is 13.1. The van der Waals surface area contributed by atoms with Gasteiger partial charge in [0.2, 0.25) is 0 Å². The molecule has 0 bridgehead atoms. The van der Waals surface area contributed by atoms with Crippen molar-refractivity contribution in [2.75, 3.05) is 0 Å². The van der Waals surface area contributed by atoms with Gasteiger partial charge in [0.15, 0.2) is 0 Å². The summed E-state index contributed by atoms with van der Waals surface area (Å²) in [6, 6.07) is 11.0. The molecule has 0 nitrogen and oxygen atoms in total. The molecule has 2 aromatic rings. The Hall–Kier alpha value is -1.41. The highest BCUT2D eigenvalue weighted by Crippen LogP contribution is 2.28. The van der Waals surface area contributed by atoms with Crippen molar-refractivity contribution < 1.29 is 8.78 Å². The number of rotatable bonds is 3. The molecule has 18 heavy (non-hydrogen) atoms. The molecule has 0 amide bonds. The van der Waals surface area contributed by atoms with Crippen LogP contribution in [0.2, 0.25) is 0 Å². The van der Waals surface area contributed by atoms with Crippen molar-refractivity contribution in [3.8, 4) is 0 Å². The number of halogens is 3. The van der Waals surface area contributed by atoms with Crippen LogP contribution in [0.15, 0.2) is 42.5 Å². The molecule has 0 aliphatic heterocycles. The third-order valence-electron chi connectivity index (χ3n) is 2.93. The first-order valence-corrected chi connectivity index (χ1v) is 6.15. The van der Waals surface area contributed by atoms with Crippen LogP contribution < -0.4 is 0 Å². The summed E-state index contributed by atoms with van der Waals surface area (Å²) in [6.07, 6.45) is 0.390. The second kappa shape index (κ2) is 5.49. The molecule has 0 radical (unpaired) electrons. The van der Waals surface area contributed by atoms with Gasteiger partial charge >= 0.3 is 0 Å². The van der Waals surface area contributed by atoms with E-state index in [0.29, 0.717) is 12.0 Å². The highest BCUT2D eigenvalue weighted by Gasteiger charge is 2.14. The Morgan fingerprint density at radius 2 is 1.83 bits per heavy atom. The van der Waals surface area contributed by atoms with Crippen LogP contribution in [0.1, 0.15) is 22.1 Å². The van der Waals surface area contributed by atoms with Gasteiger partial charge in [-0.15, -0.1) is 11.6 Å². The van der Waals surface area contributed by atoms with Gasteiger partial charge in [0.1, 0.15) is 11.6 Å². The average molecular weight is 267 g/mol. The predicted molar refractivity (Wildman–Crippen MR) is 69.8 cm³/mol. The third kappa shape index (κ3) is 2.88. The summed E-state index contributed by atoms with van der Waals surface area (Å²) in [4.78, 5) is 0. The van der Waals surface area contributed by atoms with Crippen LogP contribution in [0, 0.1) is 18.6 Å². The monoisotopic (exact) mass is 266 g/mol. The second-order valence-corrected chi connectivity index (χ2v) is 4.79. The maximum atomic E-state index is 13.5. The lowest BCUT2D eigenvalue weighted by atomic mass is 10.00. The summed E-state index contributed by atoms with van der Waals surface area (Å²) in [5.41, 5.74) is 2.19. The molecule has 2 rings (SSSR count). The molecule has 0 aliphatic carbocycles. The fourth-order valence-corrected chi connectivity index (χ4v) is 2.37. The van der Waals surface area contributed by atoms with Crippen LogP contribution in [0.25, 0.3) is 0 Å². The lowest BCUT2D eigenvalue weighted by Gasteiger charge is -2.13. The van der Waals surface area contributed by atoms with Crippen LogP contribution in [-0.2, 0) is 6.42 Å². The van der Waals surface area contributed by atoms with Gasteiger partial charge in [-0.1, -0.05) is 24.3 Å². The van der Waals surface area contributed by atoms with Crippen molar-refractivity contribution in [3.63, 3.8) is 0 Å². The number of aryl methyl sites for hydroxylation is 1. The first kappa shape index (κ1) is 13.0. The van der Waals surface area contributed by atoms with Gasteiger partial charge in [0, 0.05) is 0 Å². The number of alkyl halides is 1. The third-order valence-corrected chi connectivity index (χ3v) is 3.32. The first-order valence-electron chi connectivity index (χ1n) is 5.71. The van der Waals surface area contributed by atoms with Crippen LogP contribution in [0.4, 0.5) is 8.78 Å². The topological polar surface area (TPSA) is 0 Å². The summed E-state index contributed by atoms with van der Waals surface area (Å²) in [6.45, 7) is 1.80. The Bertz CT molecular complexity index is 552. The lowest BCUT2D eigenvalue weighted by molar-refractivity contribution is 0.606. The molecule has 0 aliphatic rings. The van der Waals surface area contributed by atoms with Gasteiger partial charge in [-0.25, -0.2) is 8.78 Å². The normalized spacial score (nSPS) is 12.4. The molecule has 2 aromatic carbocycles. The minimum atomic E-state index is -0.359. The van der Waals surface area contributed by atoms with Gasteiger partial charge in [-0.3, -0.25) is 0 Å². The van der Waals surface area contributed by atoms with E-state index in [4.69, 9.17) is 11.6 Å². The molecule has 3 heteroatoms. The number of hydrogen-bond donors (Lipinski definition) is 0. The Morgan fingerprint density at radius 1 is 1.11 bits per heavy atom. The van der Waals surface area contributed by atoms with Crippen LogP contribution in [-0.4, -0.2) is 0 Å². The molecule has 1 atom stereocenters. The van der Waals surface area contributed by atoms with Gasteiger partial charge in [-0.05, 0) is 48.2 Å². The minimum absolute atomic E-state index is 0.261. The standard InChI is InChI=1S/C15H13ClF2/c1-10-8-12(17)6-7-13(10)14(16)9-11-4-2-3-5-15(11)18/h2-8,14H,9H2,1H3. The van der Waals surface area contributed by atoms with Crippen LogP contribution >= 0.6 is 11.6 Å². The van der Waals surface area contributed by atoms with E-state index in [1.54, 1.807) is 31.2 Å². The molecule has 94 valence electrons. The molecule has 0 fully saturated rings. The molecule has 0 N–H and O–H groups in total. The van der Waals surface area contributed by atoms with E-state index >= 15 is 0 Å². The Kier molecular flexibility index (Phi) is 3.97. The molecule has 1 unspecified atom stereocenters. The van der Waals surface area contributed by atoms with Crippen LogP contribution in [0.3, 0.4) is 0 Å². The van der Waals surface area contributed by atoms with E-state index in [-0.39, 0.29) is 17.0 Å². The van der Waals surface area contributed by atoms with E-state index < -0.39 is 0 Å². The molecule has 0 spiro atoms. The summed E-state index contributed by atoms with van der Waals surface area (Å²) < 4.78 is 26.5. The SMILES string of the molecule is Cc1cc(F)ccc1C(Cl)Cc1ccccc1F. The van der Waals surface area contributed by atoms with Gasteiger partial charge in [0.05, 0.1) is 5.38 Å². The lowest BCUT2D eigenvalue weighted by Crippen LogP contribution is -2.00. The van der Waals surface area contributed by atoms with E-state index in [9.17, 15) is 8.78 Å². The first-order chi connectivity index (χ1) is 8.58. The van der Waals surface area contributed by atoms with Gasteiger partial charge in [-0.2, -0.15) is 0 Å². The van der Waals surface area contributed by atoms with Crippen molar-refractivity contribution in [2.24, 2.45) is 0 Å². The maximum absolute atomic E-state index is 13.5. The van der Waals surface area contributed by atoms with Crippen LogP contribution in [0.5, 0.6) is 0 Å². The number of hydrogen-bond acceptors (Lipinski definition) is 0. The molecule has 0 saturated heterocycles. The summed E-state index contributed by atoms with van der Waals surface area (Å²) in [5, 5.41) is -0.359. The van der Waals surface area contributed by atoms with Crippen molar-refractivity contribution >= 4 is 11.6 Å². The molecule has 0 heterocycles. The van der Waals surface area contributed by atoms with E-state index in [0.717, 1.165) is 11.1 Å². The molecular formula is C15H13ClF2. The molecule has 0 saturated carbocycles. The zero-order valence-corrected chi connectivity index (χ0v) is 10.7. The van der Waals surface area contributed by atoms with Crippen molar-refractivity contribution in [1.29, 1.82) is 0 Å². The fraction of sp³-hybridized carbons (Fsp3) is 0.200. The van der Waals surface area contributed by atoms with Crippen molar-refractivity contribution in [1.82, 2.24) is 0 Å². The molecule has 0 aromatic heterocycles. The Labute approximate surface area is 110 Å². The Morgan fingerprint density at radius 3 is 2.50 bits per heavy atom. The predicted octanol–water partition coefficient (Wildman–Crippen LogP) is 4.80. The summed E-state index contributed by atoms with van der Waals surface area (Å²) in [7, 11) is 0. The smallest absolute Gasteiger partial charge is 0.126 e. The summed E-state index contributed by atoms with van der Waals surface area (Å²) in [5.74, 6) is -0.547. The fourth-order valence-electron chi connectivity index (χ4n) is 1.96. The second-order valence-electron chi connectivity index (χ2n) is 4.26. The maximum Gasteiger partial charge on any atom is 0.126 e. The van der Waals surface area contributed by atoms with Crippen molar-refractivity contribution in [2.45, 2.75) is 18.7 Å². The number of benzene rings is 2. The molecular weight excluding hydrogens is 254 g/mol. The largest absolute Gasteiger partial charge is 0.207 e. The van der Waals surface area contributed by atoms with Crippen molar-refractivity contribution in [3.05, 3.63) is 70.8 Å². The van der Waals surface area contributed by atoms with Gasteiger partial charge < -0.3 is 0 Å². The zero-order valence-electron chi connectivity index (χ0n) is 9.96. The summed E-state index contributed by atoms with van der Waals surface area (Å²) >= 11 is 6.28. The minimum Gasteiger partial charge on any atom is -0.207 e.